The van der Waals surface area contributed by atoms with Crippen LogP contribution in [0.25, 0.3) is 0 Å². The lowest BCUT2D eigenvalue weighted by Crippen LogP contribution is -2.22. The van der Waals surface area contributed by atoms with Gasteiger partial charge in [-0.25, -0.2) is 4.39 Å². The lowest BCUT2D eigenvalue weighted by molar-refractivity contribution is 0.180. The zero-order chi connectivity index (χ0) is 12.7. The Bertz CT molecular complexity index is 346. The molecule has 2 nitrogen and oxygen atoms in total. The maximum atomic E-state index is 12.9. The van der Waals surface area contributed by atoms with Gasteiger partial charge in [-0.05, 0) is 44.6 Å². The van der Waals surface area contributed by atoms with Crippen molar-refractivity contribution in [3.05, 3.63) is 29.0 Å². The van der Waals surface area contributed by atoms with Crippen LogP contribution >= 0.6 is 11.6 Å². The molecule has 0 unspecified atom stereocenters. The molecule has 1 rings (SSSR count). The monoisotopic (exact) mass is 259 g/mol. The smallest absolute Gasteiger partial charge is 0.138 e. The van der Waals surface area contributed by atoms with Crippen molar-refractivity contribution in [2.75, 3.05) is 13.6 Å². The molecule has 0 spiro atoms. The lowest BCUT2D eigenvalue weighted by atomic mass is 10.1. The molecule has 0 saturated carbocycles. The number of benzene rings is 1. The van der Waals surface area contributed by atoms with Crippen LogP contribution < -0.4 is 10.1 Å². The molecule has 1 atom stereocenters. The van der Waals surface area contributed by atoms with E-state index >= 15 is 0 Å². The van der Waals surface area contributed by atoms with Gasteiger partial charge in [-0.1, -0.05) is 24.9 Å². The molecular formula is C13H19ClFNO. The fourth-order valence-corrected chi connectivity index (χ4v) is 1.85. The highest BCUT2D eigenvalue weighted by molar-refractivity contribution is 6.32. The van der Waals surface area contributed by atoms with Crippen molar-refractivity contribution in [3.63, 3.8) is 0 Å². The van der Waals surface area contributed by atoms with E-state index in [-0.39, 0.29) is 11.9 Å². The van der Waals surface area contributed by atoms with Gasteiger partial charge < -0.3 is 10.1 Å². The summed E-state index contributed by atoms with van der Waals surface area (Å²) < 4.78 is 18.7. The first-order chi connectivity index (χ1) is 8.17. The summed E-state index contributed by atoms with van der Waals surface area (Å²) in [6, 6.07) is 4.22. The maximum absolute atomic E-state index is 12.9. The number of hydrogen-bond acceptors (Lipinski definition) is 2. The first-order valence-electron chi connectivity index (χ1n) is 5.93. The van der Waals surface area contributed by atoms with Gasteiger partial charge in [0.1, 0.15) is 11.6 Å². The molecule has 0 amide bonds. The van der Waals surface area contributed by atoms with Crippen LogP contribution in [0.3, 0.4) is 0 Å². The second-order valence-corrected chi connectivity index (χ2v) is 4.40. The van der Waals surface area contributed by atoms with E-state index in [4.69, 9.17) is 16.3 Å². The summed E-state index contributed by atoms with van der Waals surface area (Å²) in [5, 5.41) is 3.42. The predicted octanol–water partition coefficient (Wildman–Crippen LogP) is 3.64. The largest absolute Gasteiger partial charge is 0.489 e. The normalized spacial score (nSPS) is 12.5. The average molecular weight is 260 g/mol. The van der Waals surface area contributed by atoms with Gasteiger partial charge >= 0.3 is 0 Å². The fraction of sp³-hybridized carbons (Fsp3) is 0.538. The van der Waals surface area contributed by atoms with E-state index in [0.717, 1.165) is 25.8 Å². The number of rotatable bonds is 7. The molecule has 17 heavy (non-hydrogen) atoms. The predicted molar refractivity (Wildman–Crippen MR) is 69.3 cm³/mol. The topological polar surface area (TPSA) is 21.3 Å². The molecule has 1 aromatic carbocycles. The van der Waals surface area contributed by atoms with Crippen LogP contribution in [0, 0.1) is 5.82 Å². The quantitative estimate of drug-likeness (QED) is 0.807. The summed E-state index contributed by atoms with van der Waals surface area (Å²) in [7, 11) is 1.91. The van der Waals surface area contributed by atoms with Gasteiger partial charge in [-0.15, -0.1) is 0 Å². The van der Waals surface area contributed by atoms with Gasteiger partial charge in [0.25, 0.3) is 0 Å². The molecule has 1 N–H and O–H groups in total. The summed E-state index contributed by atoms with van der Waals surface area (Å²) >= 11 is 5.93. The van der Waals surface area contributed by atoms with E-state index in [2.05, 4.69) is 12.2 Å². The van der Waals surface area contributed by atoms with Crippen LogP contribution in [0.2, 0.25) is 5.02 Å². The molecule has 0 saturated heterocycles. The third-order valence-corrected chi connectivity index (χ3v) is 2.81. The van der Waals surface area contributed by atoms with Gasteiger partial charge in [-0.3, -0.25) is 0 Å². The minimum atomic E-state index is -0.343. The van der Waals surface area contributed by atoms with E-state index < -0.39 is 0 Å². The summed E-state index contributed by atoms with van der Waals surface area (Å²) in [6.07, 6.45) is 3.05. The Labute approximate surface area is 107 Å². The molecule has 4 heteroatoms. The first kappa shape index (κ1) is 14.3. The Morgan fingerprint density at radius 3 is 2.76 bits per heavy atom. The highest BCUT2D eigenvalue weighted by atomic mass is 35.5. The molecule has 0 aliphatic rings. The fourth-order valence-electron chi connectivity index (χ4n) is 1.64. The van der Waals surface area contributed by atoms with Crippen LogP contribution in [-0.2, 0) is 0 Å². The SMILES string of the molecule is CCC[C@H](CCNC)Oc1ccc(F)cc1Cl. The van der Waals surface area contributed by atoms with Gasteiger partial charge in [0.2, 0.25) is 0 Å². The molecule has 0 radical (unpaired) electrons. The van der Waals surface area contributed by atoms with Crippen molar-refractivity contribution < 1.29 is 9.13 Å². The third-order valence-electron chi connectivity index (χ3n) is 2.51. The molecule has 0 fully saturated rings. The van der Waals surface area contributed by atoms with Crippen LogP contribution in [0.4, 0.5) is 4.39 Å². The summed E-state index contributed by atoms with van der Waals surface area (Å²) in [4.78, 5) is 0. The molecule has 0 aromatic heterocycles. The number of halogens is 2. The third kappa shape index (κ3) is 4.92. The maximum Gasteiger partial charge on any atom is 0.138 e. The minimum absolute atomic E-state index is 0.121. The zero-order valence-corrected chi connectivity index (χ0v) is 11.1. The van der Waals surface area contributed by atoms with Gasteiger partial charge in [0.15, 0.2) is 0 Å². The zero-order valence-electron chi connectivity index (χ0n) is 10.3. The second kappa shape index (κ2) is 7.51. The highest BCUT2D eigenvalue weighted by Gasteiger charge is 2.11. The van der Waals surface area contributed by atoms with E-state index in [1.165, 1.54) is 12.1 Å². The van der Waals surface area contributed by atoms with E-state index in [0.29, 0.717) is 10.8 Å². The van der Waals surface area contributed by atoms with E-state index in [1.807, 2.05) is 7.05 Å². The van der Waals surface area contributed by atoms with Gasteiger partial charge in [0.05, 0.1) is 11.1 Å². The molecule has 1 aromatic rings. The number of hydrogen-bond donors (Lipinski definition) is 1. The Kier molecular flexibility index (Phi) is 6.30. The Morgan fingerprint density at radius 2 is 2.18 bits per heavy atom. The molecule has 0 aliphatic heterocycles. The molecule has 0 heterocycles. The minimum Gasteiger partial charge on any atom is -0.489 e. The average Bonchev–Trinajstić information content (AvgIpc) is 2.29. The lowest BCUT2D eigenvalue weighted by Gasteiger charge is -2.19. The molecular weight excluding hydrogens is 241 g/mol. The Hall–Kier alpha value is -0.800. The summed E-state index contributed by atoms with van der Waals surface area (Å²) in [5.41, 5.74) is 0. The summed E-state index contributed by atoms with van der Waals surface area (Å²) in [6.45, 7) is 3.01. The van der Waals surface area contributed by atoms with E-state index in [9.17, 15) is 4.39 Å². The van der Waals surface area contributed by atoms with Gasteiger partial charge in [0, 0.05) is 0 Å². The Morgan fingerprint density at radius 1 is 1.41 bits per heavy atom. The van der Waals surface area contributed by atoms with Crippen molar-refractivity contribution >= 4 is 11.6 Å². The number of ether oxygens (including phenoxy) is 1. The van der Waals surface area contributed by atoms with E-state index in [1.54, 1.807) is 6.07 Å². The van der Waals surface area contributed by atoms with Crippen molar-refractivity contribution in [3.8, 4) is 5.75 Å². The van der Waals surface area contributed by atoms with Crippen LogP contribution in [0.1, 0.15) is 26.2 Å². The highest BCUT2D eigenvalue weighted by Crippen LogP contribution is 2.27. The summed E-state index contributed by atoms with van der Waals surface area (Å²) in [5.74, 6) is 0.215. The Balaban J connectivity index is 2.64. The molecule has 0 bridgehead atoms. The number of nitrogens with one attached hydrogen (secondary N) is 1. The van der Waals surface area contributed by atoms with Gasteiger partial charge in [-0.2, -0.15) is 0 Å². The first-order valence-corrected chi connectivity index (χ1v) is 6.31. The second-order valence-electron chi connectivity index (χ2n) is 4.00. The molecule has 0 aliphatic carbocycles. The van der Waals surface area contributed by atoms with Crippen molar-refractivity contribution in [2.24, 2.45) is 0 Å². The van der Waals surface area contributed by atoms with Crippen molar-refractivity contribution in [2.45, 2.75) is 32.3 Å². The molecule has 96 valence electrons. The van der Waals surface area contributed by atoms with Crippen molar-refractivity contribution in [1.82, 2.24) is 5.32 Å². The van der Waals surface area contributed by atoms with Crippen LogP contribution in [0.15, 0.2) is 18.2 Å². The van der Waals surface area contributed by atoms with Crippen LogP contribution in [0.5, 0.6) is 5.75 Å². The van der Waals surface area contributed by atoms with Crippen LogP contribution in [-0.4, -0.2) is 19.7 Å². The standard InChI is InChI=1S/C13H19ClFNO/c1-3-4-11(7-8-16-2)17-13-6-5-10(15)9-12(13)14/h5-6,9,11,16H,3-4,7-8H2,1-2H3/t11-/m1/s1. The van der Waals surface area contributed by atoms with Crippen molar-refractivity contribution in [1.29, 1.82) is 0 Å².